The zero-order valence-electron chi connectivity index (χ0n) is 10.8. The average molecular weight is 340 g/mol. The van der Waals surface area contributed by atoms with Gasteiger partial charge in [0.05, 0.1) is 17.9 Å². The third-order valence-corrected chi connectivity index (χ3v) is 3.61. The number of hydrogen-bond acceptors (Lipinski definition) is 4. The molecule has 0 amide bonds. The number of hydrogen-bond donors (Lipinski definition) is 3. The first kappa shape index (κ1) is 14.6. The van der Waals surface area contributed by atoms with Gasteiger partial charge in [-0.15, -0.1) is 0 Å². The molecular weight excluding hydrogens is 326 g/mol. The van der Waals surface area contributed by atoms with E-state index in [9.17, 15) is 15.0 Å². The molecular formula is C14H14BrNO4. The molecule has 3 N–H and O–H groups in total. The molecule has 5 nitrogen and oxygen atoms in total. The van der Waals surface area contributed by atoms with E-state index in [-0.39, 0.29) is 30.3 Å². The Kier molecular flexibility index (Phi) is 4.15. The summed E-state index contributed by atoms with van der Waals surface area (Å²) < 4.78 is 2.18. The maximum Gasteiger partial charge on any atom is 0.230 e. The number of pyridine rings is 1. The van der Waals surface area contributed by atoms with Crippen LogP contribution in [0.2, 0.25) is 0 Å². The zero-order chi connectivity index (χ0) is 14.9. The van der Waals surface area contributed by atoms with Crippen LogP contribution in [0.15, 0.2) is 33.5 Å². The average Bonchev–Trinajstić information content (AvgIpc) is 2.44. The number of aromatic nitrogens is 1. The van der Waals surface area contributed by atoms with Crippen LogP contribution < -0.4 is 5.43 Å². The highest BCUT2D eigenvalue weighted by Crippen LogP contribution is 2.32. The van der Waals surface area contributed by atoms with Crippen LogP contribution in [-0.4, -0.2) is 26.5 Å². The van der Waals surface area contributed by atoms with Gasteiger partial charge in [-0.1, -0.05) is 28.1 Å². The second-order valence-electron chi connectivity index (χ2n) is 4.36. The number of benzene rings is 1. The van der Waals surface area contributed by atoms with Crippen LogP contribution in [0.4, 0.5) is 0 Å². The van der Waals surface area contributed by atoms with Gasteiger partial charge in [-0.2, -0.15) is 0 Å². The number of halogens is 1. The van der Waals surface area contributed by atoms with E-state index in [0.717, 1.165) is 4.47 Å². The maximum absolute atomic E-state index is 11.9. The van der Waals surface area contributed by atoms with Crippen molar-refractivity contribution in [1.82, 2.24) is 4.57 Å². The molecule has 0 aliphatic carbocycles. The van der Waals surface area contributed by atoms with Crippen LogP contribution in [0.3, 0.4) is 0 Å². The minimum Gasteiger partial charge on any atom is -0.503 e. The second kappa shape index (κ2) is 5.68. The lowest BCUT2D eigenvalue weighted by molar-refractivity contribution is 0.265. The fourth-order valence-electron chi connectivity index (χ4n) is 2.04. The highest BCUT2D eigenvalue weighted by molar-refractivity contribution is 9.10. The fraction of sp³-hybridized carbons (Fsp3) is 0.214. The van der Waals surface area contributed by atoms with Crippen molar-refractivity contribution in [2.45, 2.75) is 13.5 Å². The van der Waals surface area contributed by atoms with E-state index in [4.69, 9.17) is 5.11 Å². The first-order valence-electron chi connectivity index (χ1n) is 5.99. The van der Waals surface area contributed by atoms with Crippen LogP contribution >= 0.6 is 15.9 Å². The van der Waals surface area contributed by atoms with E-state index in [1.165, 1.54) is 11.5 Å². The molecule has 0 unspecified atom stereocenters. The predicted octanol–water partition coefficient (Wildman–Crippen LogP) is 1.99. The van der Waals surface area contributed by atoms with Crippen molar-refractivity contribution in [1.29, 1.82) is 0 Å². The molecule has 6 heteroatoms. The van der Waals surface area contributed by atoms with Crippen LogP contribution in [-0.2, 0) is 6.54 Å². The van der Waals surface area contributed by atoms with Gasteiger partial charge in [0.2, 0.25) is 5.43 Å². The standard InChI is InChI=1S/C14H14BrNO4/c1-8-12(18)13(19)11(16(6-7-17)14(8)20)9-2-4-10(15)5-3-9/h2-5,17,19-20H,6-7H2,1H3. The van der Waals surface area contributed by atoms with Crippen molar-refractivity contribution in [3.8, 4) is 22.9 Å². The normalized spacial score (nSPS) is 10.8. The predicted molar refractivity (Wildman–Crippen MR) is 79.0 cm³/mol. The summed E-state index contributed by atoms with van der Waals surface area (Å²) in [5.41, 5.74) is 0.206. The minimum absolute atomic E-state index is 0.0526. The van der Waals surface area contributed by atoms with Crippen molar-refractivity contribution in [3.63, 3.8) is 0 Å². The molecule has 0 aliphatic rings. The van der Waals surface area contributed by atoms with E-state index >= 15 is 0 Å². The van der Waals surface area contributed by atoms with Crippen LogP contribution in [0, 0.1) is 6.92 Å². The summed E-state index contributed by atoms with van der Waals surface area (Å²) in [6, 6.07) is 6.95. The number of nitrogens with zero attached hydrogens (tertiary/aromatic N) is 1. The van der Waals surface area contributed by atoms with Crippen molar-refractivity contribution in [3.05, 3.63) is 44.5 Å². The number of rotatable bonds is 3. The van der Waals surface area contributed by atoms with E-state index in [1.807, 2.05) is 0 Å². The van der Waals surface area contributed by atoms with Gasteiger partial charge in [-0.25, -0.2) is 0 Å². The van der Waals surface area contributed by atoms with Crippen LogP contribution in [0.1, 0.15) is 5.56 Å². The smallest absolute Gasteiger partial charge is 0.230 e. The highest BCUT2D eigenvalue weighted by Gasteiger charge is 2.19. The first-order valence-corrected chi connectivity index (χ1v) is 6.78. The largest absolute Gasteiger partial charge is 0.503 e. The summed E-state index contributed by atoms with van der Waals surface area (Å²) in [6.45, 7) is 1.28. The molecule has 0 spiro atoms. The van der Waals surface area contributed by atoms with Gasteiger partial charge in [0.15, 0.2) is 11.6 Å². The van der Waals surface area contributed by atoms with E-state index in [2.05, 4.69) is 15.9 Å². The molecule has 1 aromatic carbocycles. The summed E-state index contributed by atoms with van der Waals surface area (Å²) >= 11 is 3.31. The Morgan fingerprint density at radius 1 is 1.20 bits per heavy atom. The van der Waals surface area contributed by atoms with Crippen molar-refractivity contribution >= 4 is 15.9 Å². The molecule has 2 rings (SSSR count). The Morgan fingerprint density at radius 3 is 2.35 bits per heavy atom. The summed E-state index contributed by atoms with van der Waals surface area (Å²) in [6.07, 6.45) is 0. The summed E-state index contributed by atoms with van der Waals surface area (Å²) in [7, 11) is 0. The Morgan fingerprint density at radius 2 is 1.80 bits per heavy atom. The summed E-state index contributed by atoms with van der Waals surface area (Å²) in [5, 5.41) is 29.3. The lowest BCUT2D eigenvalue weighted by Crippen LogP contribution is -2.16. The topological polar surface area (TPSA) is 82.7 Å². The van der Waals surface area contributed by atoms with Crippen molar-refractivity contribution in [2.75, 3.05) is 6.61 Å². The van der Waals surface area contributed by atoms with Crippen LogP contribution in [0.5, 0.6) is 11.6 Å². The second-order valence-corrected chi connectivity index (χ2v) is 5.27. The number of aliphatic hydroxyl groups is 1. The van der Waals surface area contributed by atoms with Gasteiger partial charge < -0.3 is 19.9 Å². The van der Waals surface area contributed by atoms with Crippen molar-refractivity contribution < 1.29 is 15.3 Å². The SMILES string of the molecule is Cc1c(O)n(CCO)c(-c2ccc(Br)cc2)c(O)c1=O. The molecule has 1 aromatic heterocycles. The minimum atomic E-state index is -0.616. The molecule has 0 bridgehead atoms. The van der Waals surface area contributed by atoms with E-state index in [0.29, 0.717) is 5.56 Å². The Bertz CT molecular complexity index is 692. The summed E-state index contributed by atoms with van der Waals surface area (Å²) in [4.78, 5) is 11.9. The molecule has 1 heterocycles. The van der Waals surface area contributed by atoms with Crippen LogP contribution in [0.25, 0.3) is 11.3 Å². The third-order valence-electron chi connectivity index (χ3n) is 3.08. The molecule has 0 aliphatic heterocycles. The Hall–Kier alpha value is -1.79. The molecule has 0 radical (unpaired) electrons. The van der Waals surface area contributed by atoms with E-state index < -0.39 is 11.2 Å². The maximum atomic E-state index is 11.9. The zero-order valence-corrected chi connectivity index (χ0v) is 12.4. The van der Waals surface area contributed by atoms with E-state index in [1.54, 1.807) is 24.3 Å². The molecule has 0 saturated carbocycles. The van der Waals surface area contributed by atoms with Crippen molar-refractivity contribution in [2.24, 2.45) is 0 Å². The molecule has 20 heavy (non-hydrogen) atoms. The number of aliphatic hydroxyl groups excluding tert-OH is 1. The van der Waals surface area contributed by atoms with Gasteiger partial charge in [0.25, 0.3) is 0 Å². The van der Waals surface area contributed by atoms with Gasteiger partial charge >= 0.3 is 0 Å². The Labute approximate surface area is 123 Å². The van der Waals surface area contributed by atoms with Gasteiger partial charge in [0, 0.05) is 16.6 Å². The third kappa shape index (κ3) is 2.44. The van der Waals surface area contributed by atoms with Gasteiger partial charge in [-0.3, -0.25) is 4.79 Å². The lowest BCUT2D eigenvalue weighted by Gasteiger charge is -2.17. The molecule has 0 fully saturated rings. The van der Waals surface area contributed by atoms with Gasteiger partial charge in [-0.05, 0) is 19.1 Å². The molecule has 106 valence electrons. The molecule has 2 aromatic rings. The molecule has 0 atom stereocenters. The molecule has 0 saturated heterocycles. The van der Waals surface area contributed by atoms with Gasteiger partial charge in [0.1, 0.15) is 0 Å². The summed E-state index contributed by atoms with van der Waals surface area (Å²) in [5.74, 6) is -0.684. The first-order chi connectivity index (χ1) is 9.47. The lowest BCUT2D eigenvalue weighted by atomic mass is 10.1. The Balaban J connectivity index is 2.79. The highest BCUT2D eigenvalue weighted by atomic mass is 79.9. The fourth-order valence-corrected chi connectivity index (χ4v) is 2.31. The number of aromatic hydroxyl groups is 2. The monoisotopic (exact) mass is 339 g/mol. The quantitative estimate of drug-likeness (QED) is 0.798.